The number of hydrogen-bond acceptors (Lipinski definition) is 4. The molecule has 0 atom stereocenters. The van der Waals surface area contributed by atoms with E-state index in [4.69, 9.17) is 0 Å². The van der Waals surface area contributed by atoms with Crippen LogP contribution in [-0.4, -0.2) is 20.4 Å². The van der Waals surface area contributed by atoms with Crippen molar-refractivity contribution in [2.45, 2.75) is 158 Å². The second-order valence-electron chi connectivity index (χ2n) is 19.8. The number of phenols is 4. The molecule has 4 nitrogen and oxygen atoms in total. The highest BCUT2D eigenvalue weighted by Gasteiger charge is 2.31. The first kappa shape index (κ1) is 39.3. The largest absolute Gasteiger partial charge is 0.507 e. The maximum atomic E-state index is 12.3. The van der Waals surface area contributed by atoms with Crippen LogP contribution in [0.15, 0.2) is 24.3 Å². The van der Waals surface area contributed by atoms with Crippen LogP contribution in [0.25, 0.3) is 0 Å². The predicted molar refractivity (Wildman–Crippen MR) is 217 cm³/mol. The zero-order valence-corrected chi connectivity index (χ0v) is 34.9. The number of fused-ring (bicyclic) bond motifs is 8. The summed E-state index contributed by atoms with van der Waals surface area (Å²) in [6, 6.07) is 8.48. The van der Waals surface area contributed by atoms with Gasteiger partial charge in [-0.3, -0.25) is 0 Å². The number of benzene rings is 4. The summed E-state index contributed by atoms with van der Waals surface area (Å²) in [6.45, 7) is 34.7. The zero-order valence-electron chi connectivity index (χ0n) is 34.9. The topological polar surface area (TPSA) is 80.9 Å². The van der Waals surface area contributed by atoms with Crippen LogP contribution in [0.5, 0.6) is 23.0 Å². The summed E-state index contributed by atoms with van der Waals surface area (Å²) < 4.78 is 0. The number of rotatable bonds is 0. The molecule has 4 aromatic rings. The van der Waals surface area contributed by atoms with Gasteiger partial charge in [0, 0.05) is 47.9 Å². The van der Waals surface area contributed by atoms with Gasteiger partial charge in [0.15, 0.2) is 0 Å². The van der Waals surface area contributed by atoms with Crippen molar-refractivity contribution in [2.75, 3.05) is 0 Å². The van der Waals surface area contributed by atoms with Gasteiger partial charge < -0.3 is 20.4 Å². The molecule has 280 valence electrons. The molecular formula is C48H64O4. The summed E-state index contributed by atoms with van der Waals surface area (Å²) >= 11 is 0. The fourth-order valence-electron chi connectivity index (χ4n) is 8.82. The van der Waals surface area contributed by atoms with E-state index in [1.807, 2.05) is 0 Å². The van der Waals surface area contributed by atoms with Gasteiger partial charge in [-0.25, -0.2) is 0 Å². The highest BCUT2D eigenvalue weighted by atomic mass is 16.3. The quantitative estimate of drug-likeness (QED) is 0.129. The Morgan fingerprint density at radius 1 is 0.327 bits per heavy atom. The molecule has 0 heterocycles. The molecule has 0 saturated heterocycles. The minimum absolute atomic E-state index is 0.211. The Kier molecular flexibility index (Phi) is 9.74. The van der Waals surface area contributed by atoms with Gasteiger partial charge in [0.1, 0.15) is 23.0 Å². The summed E-state index contributed by atoms with van der Waals surface area (Å²) in [7, 11) is 0. The molecule has 0 radical (unpaired) electrons. The van der Waals surface area contributed by atoms with Crippen molar-refractivity contribution in [1.82, 2.24) is 0 Å². The molecule has 52 heavy (non-hydrogen) atoms. The average molecular weight is 705 g/mol. The molecule has 0 aliphatic heterocycles. The molecule has 4 N–H and O–H groups in total. The molecule has 0 fully saturated rings. The minimum atomic E-state index is -0.211. The van der Waals surface area contributed by atoms with Gasteiger partial charge >= 0.3 is 0 Å². The van der Waals surface area contributed by atoms with E-state index in [0.717, 1.165) is 89.0 Å². The fourth-order valence-corrected chi connectivity index (χ4v) is 8.82. The molecule has 5 rings (SSSR count). The molecule has 0 amide bonds. The maximum absolute atomic E-state index is 12.3. The van der Waals surface area contributed by atoms with Gasteiger partial charge in [-0.2, -0.15) is 0 Å². The Hall–Kier alpha value is -3.92. The average Bonchev–Trinajstić information content (AvgIpc) is 2.98. The molecule has 8 bridgehead atoms. The Morgan fingerprint density at radius 3 is 0.615 bits per heavy atom. The van der Waals surface area contributed by atoms with E-state index in [-0.39, 0.29) is 44.7 Å². The third-order valence-electron chi connectivity index (χ3n) is 11.8. The second-order valence-corrected chi connectivity index (χ2v) is 19.8. The summed E-state index contributed by atoms with van der Waals surface area (Å²) in [6.07, 6.45) is 1.36. The van der Waals surface area contributed by atoms with Gasteiger partial charge in [0.2, 0.25) is 0 Å². The van der Waals surface area contributed by atoms with E-state index >= 15 is 0 Å². The molecule has 1 aliphatic carbocycles. The van der Waals surface area contributed by atoms with E-state index in [2.05, 4.69) is 135 Å². The lowest BCUT2D eigenvalue weighted by atomic mass is 9.75. The molecule has 1 aliphatic rings. The van der Waals surface area contributed by atoms with Crippen LogP contribution < -0.4 is 0 Å². The van der Waals surface area contributed by atoms with Gasteiger partial charge in [-0.05, 0) is 116 Å². The van der Waals surface area contributed by atoms with Crippen molar-refractivity contribution in [1.29, 1.82) is 0 Å². The van der Waals surface area contributed by atoms with Gasteiger partial charge in [0.25, 0.3) is 0 Å². The maximum Gasteiger partial charge on any atom is 0.122 e. The molecular weight excluding hydrogens is 641 g/mol. The Balaban J connectivity index is 2.00. The Morgan fingerprint density at radius 2 is 0.481 bits per heavy atom. The van der Waals surface area contributed by atoms with Crippen LogP contribution in [0.4, 0.5) is 0 Å². The third kappa shape index (κ3) is 6.95. The molecule has 4 aromatic carbocycles. The predicted octanol–water partition coefficient (Wildman–Crippen LogP) is 11.6. The number of aromatic hydroxyl groups is 4. The van der Waals surface area contributed by atoms with Gasteiger partial charge in [0.05, 0.1) is 0 Å². The first-order chi connectivity index (χ1) is 23.6. The highest BCUT2D eigenvalue weighted by Crippen LogP contribution is 2.46. The summed E-state index contributed by atoms with van der Waals surface area (Å²) in [5.74, 6) is 0.857. The van der Waals surface area contributed by atoms with E-state index in [1.165, 1.54) is 0 Å². The van der Waals surface area contributed by atoms with Gasteiger partial charge in [-0.1, -0.05) is 107 Å². The first-order valence-corrected chi connectivity index (χ1v) is 19.0. The lowest BCUT2D eigenvalue weighted by Gasteiger charge is -2.30. The zero-order chi connectivity index (χ0) is 39.2. The Labute approximate surface area is 314 Å². The standard InChI is InChI=1S/C48H64O4/c1-25-33-17-29-22-38(46(8,9)10)27(3)35(42(29)50)19-31-23-40(48(14,15)16)28(4)36(44(31)52)20-32-24-39(47(11,12)13)26(2)34(43(32)51)18-30(41(33)49)21-37(25)45(5,6)7/h21-24,49-52H,17-20H2,1-16H3. The van der Waals surface area contributed by atoms with E-state index in [1.54, 1.807) is 0 Å². The van der Waals surface area contributed by atoms with Crippen LogP contribution in [0.2, 0.25) is 0 Å². The summed E-state index contributed by atoms with van der Waals surface area (Å²) in [5.41, 5.74) is 13.9. The Bertz CT molecular complexity index is 1780. The second kappa shape index (κ2) is 12.9. The number of hydrogen-bond donors (Lipinski definition) is 4. The van der Waals surface area contributed by atoms with Crippen LogP contribution in [0, 0.1) is 27.7 Å². The molecule has 4 heteroatoms. The van der Waals surface area contributed by atoms with Crippen LogP contribution in [0.1, 0.15) is 172 Å². The van der Waals surface area contributed by atoms with Crippen molar-refractivity contribution >= 4 is 0 Å². The van der Waals surface area contributed by atoms with Gasteiger partial charge in [-0.15, -0.1) is 0 Å². The van der Waals surface area contributed by atoms with Crippen LogP contribution >= 0.6 is 0 Å². The van der Waals surface area contributed by atoms with E-state index in [9.17, 15) is 20.4 Å². The van der Waals surface area contributed by atoms with E-state index in [0.29, 0.717) is 25.7 Å². The molecule has 0 unspecified atom stereocenters. The van der Waals surface area contributed by atoms with E-state index < -0.39 is 0 Å². The summed E-state index contributed by atoms with van der Waals surface area (Å²) in [4.78, 5) is 0. The fraction of sp³-hybridized carbons (Fsp3) is 0.500. The van der Waals surface area contributed by atoms with Crippen LogP contribution in [-0.2, 0) is 47.3 Å². The molecule has 0 spiro atoms. The smallest absolute Gasteiger partial charge is 0.122 e. The lowest BCUT2D eigenvalue weighted by Crippen LogP contribution is -2.19. The molecule has 0 aromatic heterocycles. The lowest BCUT2D eigenvalue weighted by molar-refractivity contribution is 0.447. The van der Waals surface area contributed by atoms with Crippen molar-refractivity contribution in [2.24, 2.45) is 0 Å². The third-order valence-corrected chi connectivity index (χ3v) is 11.8. The molecule has 0 saturated carbocycles. The monoisotopic (exact) mass is 704 g/mol. The van der Waals surface area contributed by atoms with Crippen molar-refractivity contribution in [3.8, 4) is 23.0 Å². The highest BCUT2D eigenvalue weighted by molar-refractivity contribution is 5.63. The van der Waals surface area contributed by atoms with Crippen molar-refractivity contribution in [3.05, 3.63) is 113 Å². The first-order valence-electron chi connectivity index (χ1n) is 19.0. The van der Waals surface area contributed by atoms with Crippen molar-refractivity contribution in [3.63, 3.8) is 0 Å². The minimum Gasteiger partial charge on any atom is -0.507 e. The van der Waals surface area contributed by atoms with Crippen LogP contribution in [0.3, 0.4) is 0 Å². The summed E-state index contributed by atoms with van der Waals surface area (Å²) in [5, 5.41) is 49.1. The number of phenolic OH excluding ortho intramolecular Hbond substituents is 4. The SMILES string of the molecule is Cc1c(C(C)(C)C)cc2c(O)c1Cc1cc(C(C)(C)C)c(C)c(c1O)Cc1cc(C(C)(C)C)c(C)c(c1O)Cc1cc(C(C)(C)C)c(C)c(c1O)C2. The van der Waals surface area contributed by atoms with Crippen molar-refractivity contribution < 1.29 is 20.4 Å². The normalized spacial score (nSPS) is 14.2.